The molecule has 2 rings (SSSR count). The first kappa shape index (κ1) is 11.8. The normalized spacial score (nSPS) is 20.2. The highest BCUT2D eigenvalue weighted by Gasteiger charge is 2.26. The molecule has 1 heterocycles. The van der Waals surface area contributed by atoms with E-state index in [9.17, 15) is 9.59 Å². The molecule has 0 aliphatic carbocycles. The summed E-state index contributed by atoms with van der Waals surface area (Å²) in [5, 5.41) is 0. The third-order valence-electron chi connectivity index (χ3n) is 2.84. The van der Waals surface area contributed by atoms with Crippen LogP contribution in [0.2, 0.25) is 0 Å². The smallest absolute Gasteiger partial charge is 0.379 e. The third kappa shape index (κ3) is 2.91. The maximum Gasteiger partial charge on any atom is 0.379 e. The maximum absolute atomic E-state index is 11.7. The summed E-state index contributed by atoms with van der Waals surface area (Å²) in [6, 6.07) is 8.48. The Bertz CT molecular complexity index is 416. The monoisotopic (exact) mass is 233 g/mol. The maximum atomic E-state index is 11.7. The second-order valence-electron chi connectivity index (χ2n) is 4.27. The minimum Gasteiger partial charge on any atom is -0.455 e. The molecule has 1 unspecified atom stereocenters. The number of esters is 1. The van der Waals surface area contributed by atoms with E-state index in [1.165, 1.54) is 0 Å². The molecule has 0 aromatic heterocycles. The molecular weight excluding hydrogens is 218 g/mol. The number of likely N-dealkylation sites (tertiary alicyclic amines) is 1. The quantitative estimate of drug-likeness (QED) is 0.446. The summed E-state index contributed by atoms with van der Waals surface area (Å²) >= 11 is 0. The highest BCUT2D eigenvalue weighted by atomic mass is 16.5. The molecule has 1 aliphatic rings. The van der Waals surface area contributed by atoms with Crippen molar-refractivity contribution in [3.8, 4) is 0 Å². The summed E-state index contributed by atoms with van der Waals surface area (Å²) in [6.07, 6.45) is 0.643. The van der Waals surface area contributed by atoms with Crippen LogP contribution in [0.25, 0.3) is 0 Å². The van der Waals surface area contributed by atoms with Crippen molar-refractivity contribution >= 4 is 11.8 Å². The van der Waals surface area contributed by atoms with Gasteiger partial charge in [0.1, 0.15) is 6.10 Å². The van der Waals surface area contributed by atoms with Gasteiger partial charge in [-0.15, -0.1) is 0 Å². The van der Waals surface area contributed by atoms with Gasteiger partial charge in [0.25, 0.3) is 5.78 Å². The number of nitrogens with zero attached hydrogens (tertiary/aromatic N) is 1. The summed E-state index contributed by atoms with van der Waals surface area (Å²) in [5.74, 6) is -1.32. The predicted molar refractivity (Wildman–Crippen MR) is 62.8 cm³/mol. The van der Waals surface area contributed by atoms with Crippen LogP contribution >= 0.6 is 0 Å². The zero-order valence-electron chi connectivity index (χ0n) is 9.76. The van der Waals surface area contributed by atoms with Crippen molar-refractivity contribution < 1.29 is 14.3 Å². The first-order chi connectivity index (χ1) is 8.16. The number of carbonyl (C=O) groups excluding carboxylic acids is 2. The second kappa shape index (κ2) is 5.10. The molecule has 0 saturated carbocycles. The Hall–Kier alpha value is -1.68. The van der Waals surface area contributed by atoms with Gasteiger partial charge in [0.2, 0.25) is 0 Å². The van der Waals surface area contributed by atoms with Crippen LogP contribution in [0, 0.1) is 0 Å². The first-order valence-electron chi connectivity index (χ1n) is 5.65. The Balaban J connectivity index is 1.94. The van der Waals surface area contributed by atoms with Gasteiger partial charge in [0, 0.05) is 18.7 Å². The van der Waals surface area contributed by atoms with E-state index in [0.717, 1.165) is 13.0 Å². The standard InChI is InChI=1S/C13H15NO3/c1-14-8-7-11(9-14)17-13(16)12(15)10-5-3-2-4-6-10/h2-6,11H,7-9H2,1H3. The van der Waals surface area contributed by atoms with Gasteiger partial charge in [-0.2, -0.15) is 0 Å². The van der Waals surface area contributed by atoms with Crippen LogP contribution in [0.5, 0.6) is 0 Å². The number of Topliss-reactive ketones (excluding diaryl/α,β-unsaturated/α-hetero) is 1. The minimum atomic E-state index is -0.753. The van der Waals surface area contributed by atoms with E-state index in [2.05, 4.69) is 4.90 Å². The molecule has 4 heteroatoms. The van der Waals surface area contributed by atoms with E-state index in [4.69, 9.17) is 4.74 Å². The number of benzene rings is 1. The van der Waals surface area contributed by atoms with Gasteiger partial charge < -0.3 is 9.64 Å². The van der Waals surface area contributed by atoms with Gasteiger partial charge in [-0.1, -0.05) is 30.3 Å². The molecule has 4 nitrogen and oxygen atoms in total. The topological polar surface area (TPSA) is 46.6 Å². The van der Waals surface area contributed by atoms with Gasteiger partial charge in [0.15, 0.2) is 0 Å². The van der Waals surface area contributed by atoms with E-state index in [1.54, 1.807) is 30.3 Å². The predicted octanol–water partition coefficient (Wildman–Crippen LogP) is 1.12. The lowest BCUT2D eigenvalue weighted by Crippen LogP contribution is -2.26. The van der Waals surface area contributed by atoms with Crippen LogP contribution in [-0.4, -0.2) is 42.9 Å². The number of ketones is 1. The van der Waals surface area contributed by atoms with Crippen molar-refractivity contribution in [2.45, 2.75) is 12.5 Å². The Morgan fingerprint density at radius 2 is 2.00 bits per heavy atom. The van der Waals surface area contributed by atoms with Gasteiger partial charge in [-0.05, 0) is 13.5 Å². The van der Waals surface area contributed by atoms with Crippen molar-refractivity contribution in [3.63, 3.8) is 0 Å². The fraction of sp³-hybridized carbons (Fsp3) is 0.385. The average Bonchev–Trinajstić information content (AvgIpc) is 2.75. The molecule has 1 saturated heterocycles. The number of likely N-dealkylation sites (N-methyl/N-ethyl adjacent to an activating group) is 1. The molecule has 0 N–H and O–H groups in total. The molecule has 1 aliphatic heterocycles. The molecule has 0 bridgehead atoms. The van der Waals surface area contributed by atoms with E-state index in [-0.39, 0.29) is 6.10 Å². The fourth-order valence-corrected chi connectivity index (χ4v) is 1.90. The third-order valence-corrected chi connectivity index (χ3v) is 2.84. The van der Waals surface area contributed by atoms with Crippen LogP contribution in [0.1, 0.15) is 16.8 Å². The SMILES string of the molecule is CN1CCC(OC(=O)C(=O)c2ccccc2)C1. The number of ether oxygens (including phenoxy) is 1. The second-order valence-corrected chi connectivity index (χ2v) is 4.27. The van der Waals surface area contributed by atoms with Crippen LogP contribution in [0.3, 0.4) is 0 Å². The van der Waals surface area contributed by atoms with E-state index >= 15 is 0 Å². The summed E-state index contributed by atoms with van der Waals surface area (Å²) in [7, 11) is 1.97. The van der Waals surface area contributed by atoms with Gasteiger partial charge >= 0.3 is 5.97 Å². The summed E-state index contributed by atoms with van der Waals surface area (Å²) in [5.41, 5.74) is 0.379. The van der Waals surface area contributed by atoms with Crippen molar-refractivity contribution in [1.82, 2.24) is 4.90 Å². The Labute approximate surface area is 100 Å². The molecular formula is C13H15NO3. The first-order valence-corrected chi connectivity index (χ1v) is 5.65. The van der Waals surface area contributed by atoms with Crippen molar-refractivity contribution in [2.75, 3.05) is 20.1 Å². The largest absolute Gasteiger partial charge is 0.455 e. The van der Waals surface area contributed by atoms with E-state index in [0.29, 0.717) is 12.1 Å². The Kier molecular flexibility index (Phi) is 3.54. The highest BCUT2D eigenvalue weighted by Crippen LogP contribution is 2.12. The molecule has 1 atom stereocenters. The van der Waals surface area contributed by atoms with Crippen LogP contribution in [-0.2, 0) is 9.53 Å². The summed E-state index contributed by atoms with van der Waals surface area (Å²) in [6.45, 7) is 1.60. The van der Waals surface area contributed by atoms with Crippen LogP contribution in [0.4, 0.5) is 0 Å². The number of hydrogen-bond acceptors (Lipinski definition) is 4. The van der Waals surface area contributed by atoms with Crippen molar-refractivity contribution in [1.29, 1.82) is 0 Å². The average molecular weight is 233 g/mol. The lowest BCUT2D eigenvalue weighted by atomic mass is 10.1. The minimum absolute atomic E-state index is 0.153. The number of hydrogen-bond donors (Lipinski definition) is 0. The highest BCUT2D eigenvalue weighted by molar-refractivity contribution is 6.40. The van der Waals surface area contributed by atoms with Crippen LogP contribution < -0.4 is 0 Å². The summed E-state index contributed by atoms with van der Waals surface area (Å²) in [4.78, 5) is 25.4. The van der Waals surface area contributed by atoms with Crippen molar-refractivity contribution in [2.24, 2.45) is 0 Å². The summed E-state index contributed by atoms with van der Waals surface area (Å²) < 4.78 is 5.17. The zero-order valence-corrected chi connectivity index (χ0v) is 9.76. The molecule has 1 fully saturated rings. The lowest BCUT2D eigenvalue weighted by molar-refractivity contribution is -0.142. The molecule has 1 aromatic carbocycles. The van der Waals surface area contributed by atoms with E-state index < -0.39 is 11.8 Å². The fourth-order valence-electron chi connectivity index (χ4n) is 1.90. The van der Waals surface area contributed by atoms with Crippen LogP contribution in [0.15, 0.2) is 30.3 Å². The number of rotatable bonds is 3. The van der Waals surface area contributed by atoms with E-state index in [1.807, 2.05) is 7.05 Å². The zero-order chi connectivity index (χ0) is 12.3. The van der Waals surface area contributed by atoms with Gasteiger partial charge in [-0.25, -0.2) is 4.79 Å². The molecule has 0 spiro atoms. The van der Waals surface area contributed by atoms with Gasteiger partial charge in [-0.3, -0.25) is 4.79 Å². The van der Waals surface area contributed by atoms with Gasteiger partial charge in [0.05, 0.1) is 0 Å². The lowest BCUT2D eigenvalue weighted by Gasteiger charge is -2.11. The molecule has 1 aromatic rings. The molecule has 17 heavy (non-hydrogen) atoms. The molecule has 0 radical (unpaired) electrons. The Morgan fingerprint density at radius 1 is 1.29 bits per heavy atom. The molecule has 0 amide bonds. The molecule has 90 valence electrons. The van der Waals surface area contributed by atoms with Crippen molar-refractivity contribution in [3.05, 3.63) is 35.9 Å². The Morgan fingerprint density at radius 3 is 2.59 bits per heavy atom. The number of carbonyl (C=O) groups is 2.